The first kappa shape index (κ1) is 18.6. The molecule has 2 aromatic heterocycles. The number of hydrazone groups is 1. The Hall–Kier alpha value is -3.80. The summed E-state index contributed by atoms with van der Waals surface area (Å²) in [6.45, 7) is 4.05. The van der Waals surface area contributed by atoms with Gasteiger partial charge in [0.05, 0.1) is 18.1 Å². The molecule has 6 heteroatoms. The minimum absolute atomic E-state index is 0.349. The van der Waals surface area contributed by atoms with Gasteiger partial charge in [-0.15, -0.1) is 0 Å². The first-order valence-corrected chi connectivity index (χ1v) is 9.49. The summed E-state index contributed by atoms with van der Waals surface area (Å²) in [4.78, 5) is 17.3. The van der Waals surface area contributed by atoms with Crippen LogP contribution >= 0.6 is 0 Å². The van der Waals surface area contributed by atoms with Gasteiger partial charge in [-0.25, -0.2) is 14.9 Å². The van der Waals surface area contributed by atoms with Crippen LogP contribution in [0.3, 0.4) is 0 Å². The van der Waals surface area contributed by atoms with Crippen LogP contribution < -0.4 is 5.43 Å². The quantitative estimate of drug-likeness (QED) is 0.418. The number of nitrogens with one attached hydrogen (secondary N) is 1. The van der Waals surface area contributed by atoms with Crippen LogP contribution in [-0.4, -0.2) is 26.7 Å². The lowest BCUT2D eigenvalue weighted by Crippen LogP contribution is -2.17. The molecule has 0 bridgehead atoms. The summed E-state index contributed by atoms with van der Waals surface area (Å²) in [6.07, 6.45) is 4.13. The van der Waals surface area contributed by atoms with Gasteiger partial charge in [0.25, 0.3) is 5.91 Å². The van der Waals surface area contributed by atoms with Crippen molar-refractivity contribution in [3.63, 3.8) is 0 Å². The van der Waals surface area contributed by atoms with Gasteiger partial charge in [0, 0.05) is 11.3 Å². The molecule has 0 radical (unpaired) electrons. The zero-order valence-electron chi connectivity index (χ0n) is 16.3. The molecule has 0 aliphatic heterocycles. The smallest absolute Gasteiger partial charge is 0.267 e. The summed E-state index contributed by atoms with van der Waals surface area (Å²) in [7, 11) is 0. The van der Waals surface area contributed by atoms with Gasteiger partial charge < -0.3 is 0 Å². The fraction of sp³-hybridized carbons (Fsp3) is 0.130. The van der Waals surface area contributed by atoms with Crippen LogP contribution in [0.2, 0.25) is 0 Å². The van der Waals surface area contributed by atoms with Crippen molar-refractivity contribution in [1.82, 2.24) is 20.0 Å². The third-order valence-corrected chi connectivity index (χ3v) is 4.73. The zero-order chi connectivity index (χ0) is 20.2. The van der Waals surface area contributed by atoms with Crippen LogP contribution in [0.15, 0.2) is 72.0 Å². The van der Waals surface area contributed by atoms with E-state index < -0.39 is 0 Å². The van der Waals surface area contributed by atoms with Crippen molar-refractivity contribution in [3.8, 4) is 11.3 Å². The van der Waals surface area contributed by atoms with E-state index in [0.717, 1.165) is 28.9 Å². The van der Waals surface area contributed by atoms with Crippen molar-refractivity contribution in [2.45, 2.75) is 20.3 Å². The van der Waals surface area contributed by atoms with Gasteiger partial charge in [-0.2, -0.15) is 10.2 Å². The molecule has 0 aliphatic carbocycles. The molecule has 6 nitrogen and oxygen atoms in total. The molecular formula is C23H21N5O. The summed E-state index contributed by atoms with van der Waals surface area (Å²) >= 11 is 0. The van der Waals surface area contributed by atoms with Crippen molar-refractivity contribution in [2.24, 2.45) is 5.10 Å². The maximum atomic E-state index is 12.7. The monoisotopic (exact) mass is 383 g/mol. The van der Waals surface area contributed by atoms with Gasteiger partial charge in [-0.1, -0.05) is 61.5 Å². The van der Waals surface area contributed by atoms with Crippen LogP contribution in [0.1, 0.15) is 34.1 Å². The molecule has 144 valence electrons. The van der Waals surface area contributed by atoms with E-state index in [1.165, 1.54) is 11.8 Å². The van der Waals surface area contributed by atoms with Gasteiger partial charge in [-0.3, -0.25) is 4.79 Å². The Balaban J connectivity index is 1.58. The summed E-state index contributed by atoms with van der Waals surface area (Å²) in [5.74, 6) is -0.349. The zero-order valence-corrected chi connectivity index (χ0v) is 16.3. The standard InChI is InChI=1S/C23H21N5O/c1-3-17-9-11-18(12-10-17)14-24-27-23(29)20-15-25-28-16(2)13-21(26-22(20)28)19-7-5-4-6-8-19/h4-15H,3H2,1-2H3,(H,27,29)/b24-14-. The first-order valence-electron chi connectivity index (χ1n) is 9.49. The summed E-state index contributed by atoms with van der Waals surface area (Å²) in [5.41, 5.74) is 8.31. The molecule has 2 heterocycles. The van der Waals surface area contributed by atoms with Crippen LogP contribution in [0.5, 0.6) is 0 Å². The van der Waals surface area contributed by atoms with E-state index in [1.807, 2.05) is 67.6 Å². The minimum Gasteiger partial charge on any atom is -0.267 e. The van der Waals surface area contributed by atoms with Gasteiger partial charge in [-0.05, 0) is 30.5 Å². The lowest BCUT2D eigenvalue weighted by atomic mass is 10.1. The number of carbonyl (C=O) groups is 1. The third kappa shape index (κ3) is 3.91. The van der Waals surface area contributed by atoms with Crippen molar-refractivity contribution >= 4 is 17.8 Å². The highest BCUT2D eigenvalue weighted by molar-refractivity contribution is 6.00. The number of nitrogens with zero attached hydrogens (tertiary/aromatic N) is 4. The highest BCUT2D eigenvalue weighted by Crippen LogP contribution is 2.20. The van der Waals surface area contributed by atoms with Crippen LogP contribution in [0.4, 0.5) is 0 Å². The minimum atomic E-state index is -0.349. The second kappa shape index (κ2) is 8.06. The van der Waals surface area contributed by atoms with Crippen molar-refractivity contribution in [1.29, 1.82) is 0 Å². The number of rotatable bonds is 5. The summed E-state index contributed by atoms with van der Waals surface area (Å²) in [6, 6.07) is 19.9. The predicted molar refractivity (Wildman–Crippen MR) is 114 cm³/mol. The Morgan fingerprint density at radius 3 is 2.62 bits per heavy atom. The SMILES string of the molecule is CCc1ccc(/C=N\NC(=O)c2cnn3c(C)cc(-c4ccccc4)nc23)cc1. The van der Waals surface area contributed by atoms with E-state index in [2.05, 4.69) is 27.5 Å². The van der Waals surface area contributed by atoms with E-state index in [4.69, 9.17) is 0 Å². The molecular weight excluding hydrogens is 362 g/mol. The lowest BCUT2D eigenvalue weighted by molar-refractivity contribution is 0.0956. The molecule has 1 N–H and O–H groups in total. The number of hydrogen-bond donors (Lipinski definition) is 1. The van der Waals surface area contributed by atoms with Crippen LogP contribution in [0.25, 0.3) is 16.9 Å². The third-order valence-electron chi connectivity index (χ3n) is 4.73. The van der Waals surface area contributed by atoms with Gasteiger partial charge >= 0.3 is 0 Å². The molecule has 0 aliphatic rings. The van der Waals surface area contributed by atoms with Crippen molar-refractivity contribution < 1.29 is 4.79 Å². The van der Waals surface area contributed by atoms with E-state index in [1.54, 1.807) is 10.7 Å². The van der Waals surface area contributed by atoms with Crippen molar-refractivity contribution in [3.05, 3.63) is 89.2 Å². The lowest BCUT2D eigenvalue weighted by Gasteiger charge is -2.05. The van der Waals surface area contributed by atoms with E-state index >= 15 is 0 Å². The van der Waals surface area contributed by atoms with E-state index in [0.29, 0.717) is 11.2 Å². The second-order valence-electron chi connectivity index (χ2n) is 6.74. The maximum absolute atomic E-state index is 12.7. The van der Waals surface area contributed by atoms with Crippen molar-refractivity contribution in [2.75, 3.05) is 0 Å². The largest absolute Gasteiger partial charge is 0.276 e. The number of fused-ring (bicyclic) bond motifs is 1. The molecule has 0 atom stereocenters. The molecule has 1 amide bonds. The molecule has 4 aromatic rings. The topological polar surface area (TPSA) is 71.7 Å². The molecule has 0 fully saturated rings. The number of amides is 1. The normalized spacial score (nSPS) is 11.2. The first-order chi connectivity index (χ1) is 14.2. The summed E-state index contributed by atoms with van der Waals surface area (Å²) in [5, 5.41) is 8.37. The Morgan fingerprint density at radius 1 is 1.14 bits per heavy atom. The number of aryl methyl sites for hydroxylation is 2. The predicted octanol–water partition coefficient (Wildman–Crippen LogP) is 4.03. The summed E-state index contributed by atoms with van der Waals surface area (Å²) < 4.78 is 1.66. The van der Waals surface area contributed by atoms with Gasteiger partial charge in [0.2, 0.25) is 0 Å². The van der Waals surface area contributed by atoms with Crippen LogP contribution in [-0.2, 0) is 6.42 Å². The number of aromatic nitrogens is 3. The molecule has 4 rings (SSSR count). The van der Waals surface area contributed by atoms with Gasteiger partial charge in [0.1, 0.15) is 5.56 Å². The molecule has 0 unspecified atom stereocenters. The fourth-order valence-electron chi connectivity index (χ4n) is 3.10. The molecule has 0 saturated carbocycles. The highest BCUT2D eigenvalue weighted by atomic mass is 16.2. The van der Waals surface area contributed by atoms with Gasteiger partial charge in [0.15, 0.2) is 5.65 Å². The highest BCUT2D eigenvalue weighted by Gasteiger charge is 2.16. The average Bonchev–Trinajstić information content (AvgIpc) is 3.19. The number of carbonyl (C=O) groups excluding carboxylic acids is 1. The molecule has 2 aromatic carbocycles. The Kier molecular flexibility index (Phi) is 5.16. The van der Waals surface area contributed by atoms with E-state index in [9.17, 15) is 4.79 Å². The molecule has 29 heavy (non-hydrogen) atoms. The van der Waals surface area contributed by atoms with Crippen LogP contribution in [0, 0.1) is 6.92 Å². The second-order valence-corrected chi connectivity index (χ2v) is 6.74. The average molecular weight is 383 g/mol. The fourth-order valence-corrected chi connectivity index (χ4v) is 3.10. The maximum Gasteiger partial charge on any atom is 0.276 e. The Bertz CT molecular complexity index is 1180. The Labute approximate surface area is 168 Å². The Morgan fingerprint density at radius 2 is 1.90 bits per heavy atom. The molecule has 0 spiro atoms. The number of benzene rings is 2. The van der Waals surface area contributed by atoms with E-state index in [-0.39, 0.29) is 5.91 Å². The molecule has 0 saturated heterocycles. The number of hydrogen-bond acceptors (Lipinski definition) is 4.